The molecule has 2 nitrogen and oxygen atoms in total. The van der Waals surface area contributed by atoms with Crippen molar-refractivity contribution in [2.24, 2.45) is 11.8 Å². The van der Waals surface area contributed by atoms with Crippen LogP contribution in [0.5, 0.6) is 0 Å². The number of piperidine rings is 1. The first-order chi connectivity index (χ1) is 8.71. The number of nitrogens with one attached hydrogen (secondary N) is 1. The van der Waals surface area contributed by atoms with Crippen LogP contribution < -0.4 is 5.32 Å². The van der Waals surface area contributed by atoms with Gasteiger partial charge in [-0.05, 0) is 38.8 Å². The first-order valence-corrected chi connectivity index (χ1v) is 7.26. The summed E-state index contributed by atoms with van der Waals surface area (Å²) in [5.41, 5.74) is 0. The van der Waals surface area contributed by atoms with E-state index >= 15 is 0 Å². The van der Waals surface area contributed by atoms with E-state index in [1.54, 1.807) is 0 Å². The Labute approximate surface area is 114 Å². The standard InChI is InChI=1S/C14H27F3N2/c1-10(2)18-8-11(3)12(4)19-7-5-6-13(9-19)14(15,16)17/h10-13,18H,5-9H2,1-4H3. The van der Waals surface area contributed by atoms with E-state index in [-0.39, 0.29) is 19.0 Å². The molecule has 0 aromatic rings. The molecule has 1 aliphatic heterocycles. The minimum atomic E-state index is -4.04. The van der Waals surface area contributed by atoms with Gasteiger partial charge in [-0.1, -0.05) is 20.8 Å². The maximum Gasteiger partial charge on any atom is 0.393 e. The van der Waals surface area contributed by atoms with Crippen molar-refractivity contribution in [3.05, 3.63) is 0 Å². The van der Waals surface area contributed by atoms with E-state index in [1.165, 1.54) is 0 Å². The van der Waals surface area contributed by atoms with Gasteiger partial charge >= 0.3 is 6.18 Å². The Morgan fingerprint density at radius 3 is 2.37 bits per heavy atom. The summed E-state index contributed by atoms with van der Waals surface area (Å²) in [6.45, 7) is 10.1. The molecule has 0 radical (unpaired) electrons. The van der Waals surface area contributed by atoms with Gasteiger partial charge in [-0.15, -0.1) is 0 Å². The van der Waals surface area contributed by atoms with E-state index in [0.717, 1.165) is 13.1 Å². The first-order valence-electron chi connectivity index (χ1n) is 7.26. The third-order valence-corrected chi connectivity index (χ3v) is 4.16. The Morgan fingerprint density at radius 1 is 1.21 bits per heavy atom. The highest BCUT2D eigenvalue weighted by molar-refractivity contribution is 4.83. The van der Waals surface area contributed by atoms with Gasteiger partial charge in [0, 0.05) is 18.6 Å². The second-order valence-corrected chi connectivity index (χ2v) is 6.16. The molecule has 1 fully saturated rings. The fraction of sp³-hybridized carbons (Fsp3) is 1.00. The molecule has 0 saturated carbocycles. The van der Waals surface area contributed by atoms with Crippen LogP contribution in [0.15, 0.2) is 0 Å². The largest absolute Gasteiger partial charge is 0.393 e. The second-order valence-electron chi connectivity index (χ2n) is 6.16. The highest BCUT2D eigenvalue weighted by atomic mass is 19.4. The average Bonchev–Trinajstić information content (AvgIpc) is 2.34. The highest BCUT2D eigenvalue weighted by Gasteiger charge is 2.42. The fourth-order valence-electron chi connectivity index (χ4n) is 2.60. The fourth-order valence-corrected chi connectivity index (χ4v) is 2.60. The van der Waals surface area contributed by atoms with E-state index in [4.69, 9.17) is 0 Å². The van der Waals surface area contributed by atoms with Crippen molar-refractivity contribution in [3.63, 3.8) is 0 Å². The maximum absolute atomic E-state index is 12.8. The Hall–Kier alpha value is -0.290. The smallest absolute Gasteiger partial charge is 0.314 e. The van der Waals surface area contributed by atoms with Gasteiger partial charge in [-0.2, -0.15) is 13.2 Å². The van der Waals surface area contributed by atoms with Crippen LogP contribution in [0, 0.1) is 11.8 Å². The number of hydrogen-bond acceptors (Lipinski definition) is 2. The van der Waals surface area contributed by atoms with Gasteiger partial charge < -0.3 is 5.32 Å². The lowest BCUT2D eigenvalue weighted by molar-refractivity contribution is -0.189. The molecule has 0 aliphatic carbocycles. The molecule has 3 unspecified atom stereocenters. The molecule has 0 bridgehead atoms. The zero-order valence-corrected chi connectivity index (χ0v) is 12.4. The minimum absolute atomic E-state index is 0.163. The monoisotopic (exact) mass is 280 g/mol. The van der Waals surface area contributed by atoms with Crippen molar-refractivity contribution in [3.8, 4) is 0 Å². The molecule has 1 N–H and O–H groups in total. The number of rotatable bonds is 5. The Kier molecular flexibility index (Phi) is 6.12. The van der Waals surface area contributed by atoms with Crippen LogP contribution in [-0.2, 0) is 0 Å². The number of halogens is 3. The van der Waals surface area contributed by atoms with E-state index in [2.05, 4.69) is 26.1 Å². The third kappa shape index (κ3) is 5.30. The van der Waals surface area contributed by atoms with Gasteiger partial charge in [0.1, 0.15) is 0 Å². The molecular formula is C14H27F3N2. The Bertz CT molecular complexity index is 266. The zero-order valence-electron chi connectivity index (χ0n) is 12.4. The minimum Gasteiger partial charge on any atom is -0.314 e. The summed E-state index contributed by atoms with van der Waals surface area (Å²) in [6.07, 6.45) is -3.11. The summed E-state index contributed by atoms with van der Waals surface area (Å²) in [5, 5.41) is 3.36. The number of hydrogen-bond donors (Lipinski definition) is 1. The molecule has 114 valence electrons. The summed E-state index contributed by atoms with van der Waals surface area (Å²) in [4.78, 5) is 2.01. The third-order valence-electron chi connectivity index (χ3n) is 4.16. The lowest BCUT2D eigenvalue weighted by Crippen LogP contribution is -2.49. The summed E-state index contributed by atoms with van der Waals surface area (Å²) in [5.74, 6) is -0.789. The van der Waals surface area contributed by atoms with E-state index < -0.39 is 12.1 Å². The van der Waals surface area contributed by atoms with Crippen molar-refractivity contribution in [2.75, 3.05) is 19.6 Å². The molecule has 0 aromatic heterocycles. The van der Waals surface area contributed by atoms with Crippen molar-refractivity contribution in [1.29, 1.82) is 0 Å². The molecule has 0 spiro atoms. The lowest BCUT2D eigenvalue weighted by atomic mass is 9.93. The molecule has 1 aliphatic rings. The van der Waals surface area contributed by atoms with Gasteiger partial charge in [-0.25, -0.2) is 0 Å². The molecular weight excluding hydrogens is 253 g/mol. The van der Waals surface area contributed by atoms with E-state index in [0.29, 0.717) is 18.4 Å². The Morgan fingerprint density at radius 2 is 1.84 bits per heavy atom. The van der Waals surface area contributed by atoms with Crippen LogP contribution in [0.3, 0.4) is 0 Å². The number of nitrogens with zero attached hydrogens (tertiary/aromatic N) is 1. The molecule has 0 aromatic carbocycles. The molecule has 3 atom stereocenters. The van der Waals surface area contributed by atoms with Gasteiger partial charge in [0.05, 0.1) is 5.92 Å². The van der Waals surface area contributed by atoms with Crippen LogP contribution in [0.25, 0.3) is 0 Å². The number of alkyl halides is 3. The van der Waals surface area contributed by atoms with Crippen molar-refractivity contribution in [1.82, 2.24) is 10.2 Å². The van der Waals surface area contributed by atoms with Crippen molar-refractivity contribution < 1.29 is 13.2 Å². The van der Waals surface area contributed by atoms with Crippen LogP contribution in [0.2, 0.25) is 0 Å². The quantitative estimate of drug-likeness (QED) is 0.831. The van der Waals surface area contributed by atoms with Gasteiger partial charge in [0.2, 0.25) is 0 Å². The maximum atomic E-state index is 12.8. The summed E-state index contributed by atoms with van der Waals surface area (Å²) in [7, 11) is 0. The van der Waals surface area contributed by atoms with Gasteiger partial charge in [-0.3, -0.25) is 4.90 Å². The summed E-state index contributed by atoms with van der Waals surface area (Å²) < 4.78 is 38.4. The first kappa shape index (κ1) is 16.8. The van der Waals surface area contributed by atoms with Crippen molar-refractivity contribution >= 4 is 0 Å². The van der Waals surface area contributed by atoms with Crippen LogP contribution in [-0.4, -0.2) is 42.8 Å². The molecule has 5 heteroatoms. The van der Waals surface area contributed by atoms with Crippen LogP contribution >= 0.6 is 0 Å². The molecule has 1 rings (SSSR count). The zero-order chi connectivity index (χ0) is 14.6. The van der Waals surface area contributed by atoms with Crippen LogP contribution in [0.4, 0.5) is 13.2 Å². The van der Waals surface area contributed by atoms with E-state index in [9.17, 15) is 13.2 Å². The predicted molar refractivity (Wildman–Crippen MR) is 72.1 cm³/mol. The lowest BCUT2D eigenvalue weighted by Gasteiger charge is -2.40. The Balaban J connectivity index is 2.49. The molecule has 1 saturated heterocycles. The van der Waals surface area contributed by atoms with Crippen LogP contribution in [0.1, 0.15) is 40.5 Å². The summed E-state index contributed by atoms with van der Waals surface area (Å²) >= 11 is 0. The van der Waals surface area contributed by atoms with Gasteiger partial charge in [0.25, 0.3) is 0 Å². The SMILES string of the molecule is CC(C)NCC(C)C(C)N1CCCC(C(F)(F)F)C1. The second kappa shape index (κ2) is 6.93. The molecule has 19 heavy (non-hydrogen) atoms. The van der Waals surface area contributed by atoms with Crippen molar-refractivity contribution in [2.45, 2.75) is 58.8 Å². The predicted octanol–water partition coefficient (Wildman–Crippen LogP) is 3.28. The summed E-state index contributed by atoms with van der Waals surface area (Å²) in [6, 6.07) is 0.607. The van der Waals surface area contributed by atoms with Gasteiger partial charge in [0.15, 0.2) is 0 Å². The van der Waals surface area contributed by atoms with E-state index in [1.807, 2.05) is 11.8 Å². The molecule has 1 heterocycles. The topological polar surface area (TPSA) is 15.3 Å². The highest BCUT2D eigenvalue weighted by Crippen LogP contribution is 2.34. The number of likely N-dealkylation sites (tertiary alicyclic amines) is 1. The molecule has 0 amide bonds. The average molecular weight is 280 g/mol. The normalized spacial score (nSPS) is 25.6.